The first-order valence-electron chi connectivity index (χ1n) is 5.95. The SMILES string of the molecule is COC(=O)CN(c1ccc([N+](=O)[O-])cc1C)C(C)C. The van der Waals surface area contributed by atoms with Crippen molar-refractivity contribution in [2.24, 2.45) is 0 Å². The fraction of sp³-hybridized carbons (Fsp3) is 0.462. The van der Waals surface area contributed by atoms with Gasteiger partial charge in [-0.25, -0.2) is 0 Å². The highest BCUT2D eigenvalue weighted by Crippen LogP contribution is 2.26. The number of hydrogen-bond donors (Lipinski definition) is 0. The van der Waals surface area contributed by atoms with Crippen LogP contribution in [-0.2, 0) is 9.53 Å². The van der Waals surface area contributed by atoms with Crippen LogP contribution in [0.15, 0.2) is 18.2 Å². The molecule has 0 radical (unpaired) electrons. The summed E-state index contributed by atoms with van der Waals surface area (Å²) in [5, 5.41) is 10.7. The summed E-state index contributed by atoms with van der Waals surface area (Å²) in [4.78, 5) is 23.5. The van der Waals surface area contributed by atoms with Crippen molar-refractivity contribution < 1.29 is 14.5 Å². The standard InChI is InChI=1S/C13H18N2O4/c1-9(2)14(8-13(16)19-4)12-6-5-11(15(17)18)7-10(12)3/h5-7,9H,8H2,1-4H3. The smallest absolute Gasteiger partial charge is 0.325 e. The third-order valence-electron chi connectivity index (χ3n) is 2.85. The molecule has 6 heteroatoms. The molecule has 19 heavy (non-hydrogen) atoms. The zero-order valence-electron chi connectivity index (χ0n) is 11.5. The molecule has 0 aliphatic rings. The van der Waals surface area contributed by atoms with E-state index in [1.54, 1.807) is 13.0 Å². The van der Waals surface area contributed by atoms with E-state index in [4.69, 9.17) is 0 Å². The van der Waals surface area contributed by atoms with Crippen molar-refractivity contribution in [2.75, 3.05) is 18.6 Å². The molecule has 0 saturated carbocycles. The van der Waals surface area contributed by atoms with E-state index >= 15 is 0 Å². The number of non-ortho nitro benzene ring substituents is 1. The van der Waals surface area contributed by atoms with Gasteiger partial charge in [0.05, 0.1) is 12.0 Å². The number of carbonyl (C=O) groups is 1. The topological polar surface area (TPSA) is 72.7 Å². The molecule has 0 heterocycles. The van der Waals surface area contributed by atoms with E-state index in [9.17, 15) is 14.9 Å². The van der Waals surface area contributed by atoms with E-state index < -0.39 is 4.92 Å². The second-order valence-electron chi connectivity index (χ2n) is 4.53. The van der Waals surface area contributed by atoms with Crippen LogP contribution in [0.4, 0.5) is 11.4 Å². The minimum Gasteiger partial charge on any atom is -0.468 e. The lowest BCUT2D eigenvalue weighted by molar-refractivity contribution is -0.384. The molecule has 104 valence electrons. The summed E-state index contributed by atoms with van der Waals surface area (Å²) in [6, 6.07) is 4.69. The van der Waals surface area contributed by atoms with Crippen LogP contribution in [0.2, 0.25) is 0 Å². The number of nitro groups is 1. The molecule has 1 aromatic rings. The van der Waals surface area contributed by atoms with Gasteiger partial charge in [0.1, 0.15) is 6.54 Å². The maximum absolute atomic E-state index is 11.4. The number of anilines is 1. The summed E-state index contributed by atoms with van der Waals surface area (Å²) in [5.41, 5.74) is 1.60. The molecule has 0 amide bonds. The van der Waals surface area contributed by atoms with Gasteiger partial charge in [-0.3, -0.25) is 14.9 Å². The number of ether oxygens (including phenoxy) is 1. The molecule has 0 bridgehead atoms. The molecule has 0 fully saturated rings. The second-order valence-corrected chi connectivity index (χ2v) is 4.53. The molecule has 0 aliphatic heterocycles. The Balaban J connectivity index is 3.09. The van der Waals surface area contributed by atoms with Gasteiger partial charge in [-0.05, 0) is 32.4 Å². The van der Waals surface area contributed by atoms with E-state index in [1.807, 2.05) is 18.7 Å². The maximum atomic E-state index is 11.4. The first-order valence-corrected chi connectivity index (χ1v) is 5.95. The molecule has 0 saturated heterocycles. The van der Waals surface area contributed by atoms with Crippen LogP contribution >= 0.6 is 0 Å². The van der Waals surface area contributed by atoms with Gasteiger partial charge in [0, 0.05) is 23.9 Å². The fourth-order valence-electron chi connectivity index (χ4n) is 1.83. The van der Waals surface area contributed by atoms with Crippen LogP contribution in [0, 0.1) is 17.0 Å². The van der Waals surface area contributed by atoms with Crippen LogP contribution in [0.25, 0.3) is 0 Å². The summed E-state index contributed by atoms with van der Waals surface area (Å²) in [6.45, 7) is 5.80. The minimum absolute atomic E-state index is 0.0445. The molecular formula is C13H18N2O4. The largest absolute Gasteiger partial charge is 0.468 e. The third-order valence-corrected chi connectivity index (χ3v) is 2.85. The third kappa shape index (κ3) is 3.67. The van der Waals surface area contributed by atoms with Crippen molar-refractivity contribution in [2.45, 2.75) is 26.8 Å². The molecule has 1 rings (SSSR count). The molecule has 0 atom stereocenters. The van der Waals surface area contributed by atoms with Crippen molar-refractivity contribution in [1.82, 2.24) is 0 Å². The number of nitrogens with zero attached hydrogens (tertiary/aromatic N) is 2. The van der Waals surface area contributed by atoms with E-state index in [1.165, 1.54) is 19.2 Å². The second kappa shape index (κ2) is 6.17. The Morgan fingerprint density at radius 2 is 2.11 bits per heavy atom. The maximum Gasteiger partial charge on any atom is 0.325 e. The van der Waals surface area contributed by atoms with Gasteiger partial charge in [0.2, 0.25) is 0 Å². The monoisotopic (exact) mass is 266 g/mol. The van der Waals surface area contributed by atoms with E-state index in [0.29, 0.717) is 0 Å². The first kappa shape index (κ1) is 14.9. The molecule has 0 spiro atoms. The van der Waals surface area contributed by atoms with Crippen molar-refractivity contribution in [1.29, 1.82) is 0 Å². The van der Waals surface area contributed by atoms with Crippen molar-refractivity contribution in [3.63, 3.8) is 0 Å². The molecule has 0 aromatic heterocycles. The van der Waals surface area contributed by atoms with Crippen molar-refractivity contribution in [3.8, 4) is 0 Å². The highest BCUT2D eigenvalue weighted by atomic mass is 16.6. The lowest BCUT2D eigenvalue weighted by Crippen LogP contribution is -2.36. The average Bonchev–Trinajstić information content (AvgIpc) is 2.35. The zero-order chi connectivity index (χ0) is 14.6. The number of rotatable bonds is 5. The van der Waals surface area contributed by atoms with Crippen LogP contribution in [0.5, 0.6) is 0 Å². The van der Waals surface area contributed by atoms with E-state index in [0.717, 1.165) is 11.3 Å². The van der Waals surface area contributed by atoms with Crippen LogP contribution < -0.4 is 4.90 Å². The molecule has 0 unspecified atom stereocenters. The molecule has 6 nitrogen and oxygen atoms in total. The Bertz CT molecular complexity index is 486. The van der Waals surface area contributed by atoms with Gasteiger partial charge in [0.25, 0.3) is 5.69 Å². The van der Waals surface area contributed by atoms with Crippen LogP contribution in [0.3, 0.4) is 0 Å². The summed E-state index contributed by atoms with van der Waals surface area (Å²) < 4.78 is 4.67. The lowest BCUT2D eigenvalue weighted by atomic mass is 10.1. The first-order chi connectivity index (χ1) is 8.86. The highest BCUT2D eigenvalue weighted by molar-refractivity contribution is 5.76. The summed E-state index contributed by atoms with van der Waals surface area (Å²) >= 11 is 0. The van der Waals surface area contributed by atoms with Gasteiger partial charge in [0.15, 0.2) is 0 Å². The average molecular weight is 266 g/mol. The van der Waals surface area contributed by atoms with Crippen LogP contribution in [0.1, 0.15) is 19.4 Å². The summed E-state index contributed by atoms with van der Waals surface area (Å²) in [7, 11) is 1.34. The fourth-order valence-corrected chi connectivity index (χ4v) is 1.83. The van der Waals surface area contributed by atoms with Gasteiger partial charge in [-0.15, -0.1) is 0 Å². The number of methoxy groups -OCH3 is 1. The summed E-state index contributed by atoms with van der Waals surface area (Å²) in [6.07, 6.45) is 0. The minimum atomic E-state index is -0.434. The Morgan fingerprint density at radius 3 is 2.53 bits per heavy atom. The Kier molecular flexibility index (Phi) is 4.86. The number of benzene rings is 1. The summed E-state index contributed by atoms with van der Waals surface area (Å²) in [5.74, 6) is -0.341. The number of aryl methyl sites for hydroxylation is 1. The zero-order valence-corrected chi connectivity index (χ0v) is 11.5. The Morgan fingerprint density at radius 1 is 1.47 bits per heavy atom. The molecular weight excluding hydrogens is 248 g/mol. The van der Waals surface area contributed by atoms with E-state index in [2.05, 4.69) is 4.74 Å². The Hall–Kier alpha value is -2.11. The number of esters is 1. The lowest BCUT2D eigenvalue weighted by Gasteiger charge is -2.29. The quantitative estimate of drug-likeness (QED) is 0.464. The van der Waals surface area contributed by atoms with Crippen molar-refractivity contribution >= 4 is 17.3 Å². The predicted molar refractivity (Wildman–Crippen MR) is 72.3 cm³/mol. The predicted octanol–water partition coefficient (Wildman–Crippen LogP) is 2.29. The van der Waals surface area contributed by atoms with E-state index in [-0.39, 0.29) is 24.2 Å². The highest BCUT2D eigenvalue weighted by Gasteiger charge is 2.18. The van der Waals surface area contributed by atoms with Gasteiger partial charge < -0.3 is 9.64 Å². The number of hydrogen-bond acceptors (Lipinski definition) is 5. The molecule has 0 N–H and O–H groups in total. The van der Waals surface area contributed by atoms with Crippen molar-refractivity contribution in [3.05, 3.63) is 33.9 Å². The van der Waals surface area contributed by atoms with Gasteiger partial charge in [-0.2, -0.15) is 0 Å². The Labute approximate surface area is 112 Å². The number of nitro benzene ring substituents is 1. The van der Waals surface area contributed by atoms with Gasteiger partial charge >= 0.3 is 5.97 Å². The normalized spacial score (nSPS) is 10.4. The molecule has 1 aromatic carbocycles. The van der Waals surface area contributed by atoms with Crippen LogP contribution in [-0.4, -0.2) is 30.6 Å². The molecule has 0 aliphatic carbocycles. The number of carbonyl (C=O) groups excluding carboxylic acids is 1. The van der Waals surface area contributed by atoms with Gasteiger partial charge in [-0.1, -0.05) is 0 Å².